The van der Waals surface area contributed by atoms with Crippen LogP contribution in [0.25, 0.3) is 0 Å². The number of likely N-dealkylation sites (tertiary alicyclic amines) is 1. The minimum absolute atomic E-state index is 0.114. The van der Waals surface area contributed by atoms with E-state index in [0.717, 1.165) is 37.8 Å². The number of hydrogen-bond acceptors (Lipinski definition) is 6. The highest BCUT2D eigenvalue weighted by atomic mass is 16.2. The van der Waals surface area contributed by atoms with Gasteiger partial charge >= 0.3 is 0 Å². The van der Waals surface area contributed by atoms with Crippen LogP contribution in [-0.4, -0.2) is 72.4 Å². The Labute approximate surface area is 187 Å². The van der Waals surface area contributed by atoms with Crippen molar-refractivity contribution >= 4 is 30.4 Å². The second-order valence-corrected chi connectivity index (χ2v) is 8.50. The maximum Gasteiger partial charge on any atom is 0.254 e. The van der Waals surface area contributed by atoms with E-state index in [1.165, 1.54) is 0 Å². The fourth-order valence-electron chi connectivity index (χ4n) is 4.29. The molecular formula is C23H30N4O5. The smallest absolute Gasteiger partial charge is 0.254 e. The van der Waals surface area contributed by atoms with E-state index in [0.29, 0.717) is 49.5 Å². The van der Waals surface area contributed by atoms with Gasteiger partial charge in [0, 0.05) is 36.7 Å². The number of fused-ring (bicyclic) bond motifs is 1. The lowest BCUT2D eigenvalue weighted by Crippen LogP contribution is -2.39. The molecule has 0 saturated carbocycles. The fourth-order valence-corrected chi connectivity index (χ4v) is 4.29. The van der Waals surface area contributed by atoms with Gasteiger partial charge in [-0.15, -0.1) is 0 Å². The first-order valence-corrected chi connectivity index (χ1v) is 11.0. The summed E-state index contributed by atoms with van der Waals surface area (Å²) in [5.74, 6) is -0.250. The zero-order valence-electron chi connectivity index (χ0n) is 18.3. The Hall–Kier alpha value is -3.07. The summed E-state index contributed by atoms with van der Waals surface area (Å²) in [6.07, 6.45) is 3.77. The first kappa shape index (κ1) is 23.6. The zero-order valence-corrected chi connectivity index (χ0v) is 18.3. The number of aldehydes is 1. The summed E-state index contributed by atoms with van der Waals surface area (Å²) in [4.78, 5) is 61.6. The van der Waals surface area contributed by atoms with Gasteiger partial charge in [0.25, 0.3) is 11.8 Å². The van der Waals surface area contributed by atoms with Crippen molar-refractivity contribution in [2.45, 2.75) is 45.2 Å². The molecule has 0 aliphatic carbocycles. The molecule has 0 spiro atoms. The number of nitrogens with one attached hydrogen (secondary N) is 2. The molecule has 0 bridgehead atoms. The summed E-state index contributed by atoms with van der Waals surface area (Å²) in [6, 6.07) is 4.96. The van der Waals surface area contributed by atoms with Gasteiger partial charge in [-0.25, -0.2) is 0 Å². The van der Waals surface area contributed by atoms with Gasteiger partial charge in [0.05, 0.1) is 6.54 Å². The van der Waals surface area contributed by atoms with Gasteiger partial charge in [-0.3, -0.25) is 29.4 Å². The number of nitrogens with zero attached hydrogens (tertiary/aromatic N) is 2. The molecule has 1 unspecified atom stereocenters. The van der Waals surface area contributed by atoms with Crippen molar-refractivity contribution in [3.63, 3.8) is 0 Å². The first-order chi connectivity index (χ1) is 15.4. The van der Waals surface area contributed by atoms with E-state index in [2.05, 4.69) is 15.5 Å². The first-order valence-electron chi connectivity index (χ1n) is 11.0. The number of carbonyl (C=O) groups is 5. The highest BCUT2D eigenvalue weighted by Crippen LogP contribution is 2.27. The number of piperidine rings is 1. The van der Waals surface area contributed by atoms with Gasteiger partial charge < -0.3 is 15.0 Å². The summed E-state index contributed by atoms with van der Waals surface area (Å²) in [5.41, 5.74) is 1.90. The van der Waals surface area contributed by atoms with Crippen molar-refractivity contribution in [2.75, 3.05) is 26.2 Å². The van der Waals surface area contributed by atoms with Gasteiger partial charge in [0.15, 0.2) is 0 Å². The standard InChI is InChI=1S/C23H30N4O5/c1-16(2-5-21(30)25-15-29)27-14-19-12-18(3-4-20(19)23(27)32)22(31)24-13-17-6-8-26(9-7-17)10-11-28/h3-4,11-12,15-17H,2,5-10,13-14H2,1H3,(H,24,31)(H,25,29,30). The van der Waals surface area contributed by atoms with Gasteiger partial charge in [-0.1, -0.05) is 0 Å². The van der Waals surface area contributed by atoms with Crippen LogP contribution in [0.15, 0.2) is 18.2 Å². The van der Waals surface area contributed by atoms with Crippen molar-refractivity contribution < 1.29 is 24.0 Å². The zero-order chi connectivity index (χ0) is 23.1. The molecule has 2 aliphatic rings. The largest absolute Gasteiger partial charge is 0.352 e. The average molecular weight is 443 g/mol. The molecular weight excluding hydrogens is 412 g/mol. The molecule has 0 aromatic heterocycles. The molecule has 1 saturated heterocycles. The van der Waals surface area contributed by atoms with Crippen LogP contribution in [0.2, 0.25) is 0 Å². The van der Waals surface area contributed by atoms with Gasteiger partial charge in [-0.2, -0.15) is 0 Å². The van der Waals surface area contributed by atoms with E-state index in [1.54, 1.807) is 23.1 Å². The van der Waals surface area contributed by atoms with E-state index < -0.39 is 0 Å². The molecule has 2 heterocycles. The third kappa shape index (κ3) is 5.79. The predicted molar refractivity (Wildman–Crippen MR) is 117 cm³/mol. The molecule has 1 fully saturated rings. The minimum atomic E-state index is -0.371. The molecule has 172 valence electrons. The number of hydrogen-bond donors (Lipinski definition) is 2. The highest BCUT2D eigenvalue weighted by Gasteiger charge is 2.31. The molecule has 1 aromatic carbocycles. The van der Waals surface area contributed by atoms with Gasteiger partial charge in [0.1, 0.15) is 6.29 Å². The monoisotopic (exact) mass is 442 g/mol. The van der Waals surface area contributed by atoms with Crippen molar-refractivity contribution in [3.8, 4) is 0 Å². The van der Waals surface area contributed by atoms with E-state index in [1.807, 2.05) is 6.92 Å². The lowest BCUT2D eigenvalue weighted by molar-refractivity contribution is -0.125. The SMILES string of the molecule is CC(CCC(=O)NC=O)N1Cc2cc(C(=O)NCC3CCN(CC=O)CC3)ccc2C1=O. The fraction of sp³-hybridized carbons (Fsp3) is 0.522. The van der Waals surface area contributed by atoms with E-state index in [9.17, 15) is 24.0 Å². The Balaban J connectivity index is 1.52. The Bertz CT molecular complexity index is 879. The highest BCUT2D eigenvalue weighted by molar-refractivity contribution is 6.01. The summed E-state index contributed by atoms with van der Waals surface area (Å²) in [7, 11) is 0. The summed E-state index contributed by atoms with van der Waals surface area (Å²) >= 11 is 0. The van der Waals surface area contributed by atoms with Crippen molar-refractivity contribution in [1.82, 2.24) is 20.4 Å². The Morgan fingerprint density at radius 1 is 1.22 bits per heavy atom. The van der Waals surface area contributed by atoms with Crippen LogP contribution in [0.4, 0.5) is 0 Å². The summed E-state index contributed by atoms with van der Waals surface area (Å²) in [6.45, 7) is 5.05. The van der Waals surface area contributed by atoms with Crippen molar-refractivity contribution in [1.29, 1.82) is 0 Å². The quantitative estimate of drug-likeness (QED) is 0.516. The van der Waals surface area contributed by atoms with Crippen LogP contribution >= 0.6 is 0 Å². The van der Waals surface area contributed by atoms with Crippen LogP contribution < -0.4 is 10.6 Å². The normalized spacial score (nSPS) is 17.5. The molecule has 9 heteroatoms. The molecule has 4 amide bonds. The topological polar surface area (TPSA) is 116 Å². The molecule has 9 nitrogen and oxygen atoms in total. The van der Waals surface area contributed by atoms with Crippen LogP contribution in [0, 0.1) is 5.92 Å². The number of rotatable bonds is 10. The Morgan fingerprint density at radius 2 is 1.97 bits per heavy atom. The number of amides is 4. The number of imide groups is 1. The third-order valence-electron chi connectivity index (χ3n) is 6.33. The molecule has 32 heavy (non-hydrogen) atoms. The average Bonchev–Trinajstić information content (AvgIpc) is 3.13. The number of carbonyl (C=O) groups excluding carboxylic acids is 5. The van der Waals surface area contributed by atoms with Crippen LogP contribution in [0.3, 0.4) is 0 Å². The van der Waals surface area contributed by atoms with E-state index in [-0.39, 0.29) is 30.2 Å². The van der Waals surface area contributed by atoms with Crippen LogP contribution in [0.1, 0.15) is 58.9 Å². The lowest BCUT2D eigenvalue weighted by atomic mass is 9.96. The summed E-state index contributed by atoms with van der Waals surface area (Å²) in [5, 5.41) is 5.10. The predicted octanol–water partition coefficient (Wildman–Crippen LogP) is 0.724. The molecule has 1 aromatic rings. The Morgan fingerprint density at radius 3 is 2.66 bits per heavy atom. The third-order valence-corrected chi connectivity index (χ3v) is 6.33. The molecule has 2 aliphatic heterocycles. The second-order valence-electron chi connectivity index (χ2n) is 8.50. The lowest BCUT2D eigenvalue weighted by Gasteiger charge is -2.30. The Kier molecular flexibility index (Phi) is 8.10. The molecule has 2 N–H and O–H groups in total. The van der Waals surface area contributed by atoms with E-state index >= 15 is 0 Å². The molecule has 3 rings (SSSR count). The van der Waals surface area contributed by atoms with Gasteiger partial charge in [0.2, 0.25) is 12.3 Å². The van der Waals surface area contributed by atoms with Gasteiger partial charge in [-0.05, 0) is 69.0 Å². The number of benzene rings is 1. The van der Waals surface area contributed by atoms with Crippen molar-refractivity contribution in [3.05, 3.63) is 34.9 Å². The second kappa shape index (κ2) is 11.0. The molecule has 1 atom stereocenters. The molecule has 0 radical (unpaired) electrons. The van der Waals surface area contributed by atoms with Crippen molar-refractivity contribution in [2.24, 2.45) is 5.92 Å². The summed E-state index contributed by atoms with van der Waals surface area (Å²) < 4.78 is 0. The van der Waals surface area contributed by atoms with E-state index in [4.69, 9.17) is 0 Å². The van der Waals surface area contributed by atoms with Crippen LogP contribution in [0.5, 0.6) is 0 Å². The maximum absolute atomic E-state index is 12.7. The minimum Gasteiger partial charge on any atom is -0.352 e. The van der Waals surface area contributed by atoms with Crippen LogP contribution in [-0.2, 0) is 20.9 Å². The maximum atomic E-state index is 12.7.